The Morgan fingerprint density at radius 3 is 2.81 bits per heavy atom. The first kappa shape index (κ1) is 15.9. The van der Waals surface area contributed by atoms with Gasteiger partial charge in [-0.15, -0.1) is 11.3 Å². The molecular formula is C15H12Cl2N2OS. The normalized spacial score (nSPS) is 9.86. The van der Waals surface area contributed by atoms with Crippen molar-refractivity contribution in [1.82, 2.24) is 5.32 Å². The van der Waals surface area contributed by atoms with Crippen LogP contribution in [0, 0.1) is 11.8 Å². The first-order valence-electron chi connectivity index (χ1n) is 6.11. The quantitative estimate of drug-likeness (QED) is 0.843. The molecule has 0 aliphatic carbocycles. The van der Waals surface area contributed by atoms with Crippen molar-refractivity contribution in [2.45, 2.75) is 6.54 Å². The number of amides is 1. The van der Waals surface area contributed by atoms with Gasteiger partial charge in [0, 0.05) is 12.1 Å². The third kappa shape index (κ3) is 4.48. The Balaban J connectivity index is 2.03. The van der Waals surface area contributed by atoms with Crippen molar-refractivity contribution < 1.29 is 4.79 Å². The number of nitrogens with one attached hydrogen (secondary N) is 1. The molecule has 6 heteroatoms. The molecule has 0 unspecified atom stereocenters. The van der Waals surface area contributed by atoms with Crippen LogP contribution in [-0.4, -0.2) is 12.5 Å². The fourth-order valence-electron chi connectivity index (χ4n) is 1.68. The summed E-state index contributed by atoms with van der Waals surface area (Å²) in [5.74, 6) is 5.50. The molecule has 0 fully saturated rings. The van der Waals surface area contributed by atoms with Gasteiger partial charge < -0.3 is 11.1 Å². The van der Waals surface area contributed by atoms with Gasteiger partial charge in [0.15, 0.2) is 0 Å². The lowest BCUT2D eigenvalue weighted by Gasteiger charge is -2.05. The molecule has 1 aromatic heterocycles. The minimum Gasteiger partial charge on any atom is -0.348 e. The molecule has 1 heterocycles. The number of benzene rings is 1. The Bertz CT molecular complexity index is 716. The largest absolute Gasteiger partial charge is 0.348 e. The zero-order chi connectivity index (χ0) is 15.2. The van der Waals surface area contributed by atoms with Gasteiger partial charge in [-0.1, -0.05) is 47.2 Å². The molecular weight excluding hydrogens is 327 g/mol. The third-order valence-electron chi connectivity index (χ3n) is 2.62. The van der Waals surface area contributed by atoms with Gasteiger partial charge in [-0.2, -0.15) is 0 Å². The summed E-state index contributed by atoms with van der Waals surface area (Å²) in [7, 11) is 0. The minimum absolute atomic E-state index is 0.249. The van der Waals surface area contributed by atoms with Crippen LogP contribution in [0.5, 0.6) is 0 Å². The van der Waals surface area contributed by atoms with Crippen LogP contribution in [0.15, 0.2) is 30.3 Å². The second-order valence-electron chi connectivity index (χ2n) is 4.13. The fraction of sp³-hybridized carbons (Fsp3) is 0.133. The molecule has 0 radical (unpaired) electrons. The second-order valence-corrected chi connectivity index (χ2v) is 6.41. The summed E-state index contributed by atoms with van der Waals surface area (Å²) in [6.45, 7) is 0.707. The molecule has 0 saturated heterocycles. The molecule has 0 aliphatic rings. The van der Waals surface area contributed by atoms with E-state index in [4.69, 9.17) is 28.9 Å². The lowest BCUT2D eigenvalue weighted by molar-refractivity contribution is 0.0951. The van der Waals surface area contributed by atoms with Crippen molar-refractivity contribution >= 4 is 40.4 Å². The van der Waals surface area contributed by atoms with Crippen molar-refractivity contribution in [3.8, 4) is 11.8 Å². The Morgan fingerprint density at radius 2 is 2.14 bits per heavy atom. The van der Waals surface area contributed by atoms with Crippen LogP contribution in [0.2, 0.25) is 8.67 Å². The topological polar surface area (TPSA) is 55.1 Å². The van der Waals surface area contributed by atoms with E-state index in [1.807, 2.05) is 24.3 Å². The van der Waals surface area contributed by atoms with Crippen molar-refractivity contribution in [3.05, 3.63) is 55.7 Å². The van der Waals surface area contributed by atoms with Gasteiger partial charge >= 0.3 is 0 Å². The molecule has 21 heavy (non-hydrogen) atoms. The maximum absolute atomic E-state index is 12.0. The summed E-state index contributed by atoms with van der Waals surface area (Å²) >= 11 is 12.9. The summed E-state index contributed by atoms with van der Waals surface area (Å²) < 4.78 is 0.879. The lowest BCUT2D eigenvalue weighted by atomic mass is 10.1. The SMILES string of the molecule is NCC#Cc1cccc(CNC(=O)c2cc(Cl)sc2Cl)c1. The Kier molecular flexibility index (Phi) is 5.66. The molecule has 2 rings (SSSR count). The van der Waals surface area contributed by atoms with E-state index in [-0.39, 0.29) is 5.91 Å². The summed E-state index contributed by atoms with van der Waals surface area (Å²) in [6, 6.07) is 9.16. The molecule has 0 aliphatic heterocycles. The van der Waals surface area contributed by atoms with Crippen LogP contribution in [0.25, 0.3) is 0 Å². The van der Waals surface area contributed by atoms with E-state index in [9.17, 15) is 4.79 Å². The highest BCUT2D eigenvalue weighted by Gasteiger charge is 2.13. The summed E-state index contributed by atoms with van der Waals surface area (Å²) in [6.07, 6.45) is 0. The number of carbonyl (C=O) groups is 1. The number of rotatable bonds is 3. The van der Waals surface area contributed by atoms with Gasteiger partial charge in [-0.05, 0) is 23.8 Å². The zero-order valence-electron chi connectivity index (χ0n) is 11.0. The van der Waals surface area contributed by atoms with E-state index in [0.717, 1.165) is 11.1 Å². The van der Waals surface area contributed by atoms with E-state index >= 15 is 0 Å². The van der Waals surface area contributed by atoms with Gasteiger partial charge in [-0.25, -0.2) is 0 Å². The van der Waals surface area contributed by atoms with Gasteiger partial charge in [0.2, 0.25) is 0 Å². The maximum Gasteiger partial charge on any atom is 0.253 e. The average molecular weight is 339 g/mol. The lowest BCUT2D eigenvalue weighted by Crippen LogP contribution is -2.22. The van der Waals surface area contributed by atoms with Crippen LogP contribution in [0.4, 0.5) is 0 Å². The number of thiophene rings is 1. The smallest absolute Gasteiger partial charge is 0.253 e. The van der Waals surface area contributed by atoms with Gasteiger partial charge in [0.25, 0.3) is 5.91 Å². The zero-order valence-corrected chi connectivity index (χ0v) is 13.3. The fourth-order valence-corrected chi connectivity index (χ4v) is 3.14. The molecule has 3 N–H and O–H groups in total. The number of hydrogen-bond acceptors (Lipinski definition) is 3. The van der Waals surface area contributed by atoms with E-state index in [2.05, 4.69) is 17.2 Å². The van der Waals surface area contributed by atoms with Crippen molar-refractivity contribution in [2.24, 2.45) is 5.73 Å². The first-order chi connectivity index (χ1) is 10.1. The van der Waals surface area contributed by atoms with Crippen LogP contribution < -0.4 is 11.1 Å². The van der Waals surface area contributed by atoms with E-state index < -0.39 is 0 Å². The molecule has 0 atom stereocenters. The second kappa shape index (κ2) is 7.48. The molecule has 0 bridgehead atoms. The molecule has 0 saturated carbocycles. The molecule has 1 aromatic carbocycles. The molecule has 108 valence electrons. The number of halogens is 2. The molecule has 0 spiro atoms. The minimum atomic E-state index is -0.249. The van der Waals surface area contributed by atoms with Crippen LogP contribution in [-0.2, 0) is 6.54 Å². The van der Waals surface area contributed by atoms with Gasteiger partial charge in [0.05, 0.1) is 16.4 Å². The van der Waals surface area contributed by atoms with Crippen LogP contribution in [0.3, 0.4) is 0 Å². The molecule has 2 aromatic rings. The molecule has 3 nitrogen and oxygen atoms in total. The van der Waals surface area contributed by atoms with Crippen molar-refractivity contribution in [2.75, 3.05) is 6.54 Å². The Labute approximate surface area is 137 Å². The average Bonchev–Trinajstić information content (AvgIpc) is 2.82. The number of nitrogens with two attached hydrogens (primary N) is 1. The summed E-state index contributed by atoms with van der Waals surface area (Å²) in [5.41, 5.74) is 7.55. The van der Waals surface area contributed by atoms with Crippen molar-refractivity contribution in [3.63, 3.8) is 0 Å². The predicted octanol–water partition coefficient (Wildman–Crippen LogP) is 3.30. The monoisotopic (exact) mass is 338 g/mol. The number of hydrogen-bond donors (Lipinski definition) is 2. The summed E-state index contributed by atoms with van der Waals surface area (Å²) in [5, 5.41) is 2.80. The Hall–Kier alpha value is -1.51. The highest BCUT2D eigenvalue weighted by atomic mass is 35.5. The first-order valence-corrected chi connectivity index (χ1v) is 7.68. The maximum atomic E-state index is 12.0. The number of carbonyl (C=O) groups excluding carboxylic acids is 1. The highest BCUT2D eigenvalue weighted by molar-refractivity contribution is 7.20. The van der Waals surface area contributed by atoms with E-state index in [0.29, 0.717) is 27.3 Å². The van der Waals surface area contributed by atoms with E-state index in [1.165, 1.54) is 11.3 Å². The van der Waals surface area contributed by atoms with Crippen molar-refractivity contribution in [1.29, 1.82) is 0 Å². The van der Waals surface area contributed by atoms with Gasteiger partial charge in [0.1, 0.15) is 4.34 Å². The van der Waals surface area contributed by atoms with E-state index in [1.54, 1.807) is 6.07 Å². The summed E-state index contributed by atoms with van der Waals surface area (Å²) in [4.78, 5) is 12.0. The molecule has 1 amide bonds. The van der Waals surface area contributed by atoms with Gasteiger partial charge in [-0.3, -0.25) is 4.79 Å². The highest BCUT2D eigenvalue weighted by Crippen LogP contribution is 2.30. The predicted molar refractivity (Wildman–Crippen MR) is 87.9 cm³/mol. The van der Waals surface area contributed by atoms with Crippen LogP contribution in [0.1, 0.15) is 21.5 Å². The van der Waals surface area contributed by atoms with Crippen LogP contribution >= 0.6 is 34.5 Å². The third-order valence-corrected chi connectivity index (χ3v) is 4.10. The Morgan fingerprint density at radius 1 is 1.33 bits per heavy atom. The standard InChI is InChI=1S/C15H12Cl2N2OS/c16-13-8-12(14(17)21-13)15(20)19-9-11-4-1-3-10(7-11)5-2-6-18/h1,3-4,7-8H,6,9,18H2,(H,19,20).